The number of carbonyl (C=O) groups excluding carboxylic acids is 2. The second-order valence-corrected chi connectivity index (χ2v) is 14.3. The highest BCUT2D eigenvalue weighted by Crippen LogP contribution is 2.46. The van der Waals surface area contributed by atoms with Gasteiger partial charge < -0.3 is 28.7 Å². The van der Waals surface area contributed by atoms with Crippen molar-refractivity contribution in [3.63, 3.8) is 0 Å². The average molecular weight is 757 g/mol. The number of rotatable bonds is 15. The first kappa shape index (κ1) is 37.9. The molecule has 274 valence electrons. The molecule has 0 unspecified atom stereocenters. The Morgan fingerprint density at radius 3 is 1.24 bits per heavy atom. The van der Waals surface area contributed by atoms with Crippen molar-refractivity contribution in [1.82, 2.24) is 0 Å². The Bertz CT molecular complexity index is 2040. The van der Waals surface area contributed by atoms with Gasteiger partial charge in [0.1, 0.15) is 13.2 Å². The van der Waals surface area contributed by atoms with E-state index >= 15 is 0 Å². The minimum Gasteiger partial charge on any atom is -0.493 e. The summed E-state index contributed by atoms with van der Waals surface area (Å²) in [5.74, 6) is 1.22. The van der Waals surface area contributed by atoms with Crippen LogP contribution in [0.15, 0.2) is 155 Å². The number of amides is 2. The maximum absolute atomic E-state index is 14.1. The lowest BCUT2D eigenvalue weighted by atomic mass is 10.1. The van der Waals surface area contributed by atoms with Gasteiger partial charge in [-0.05, 0) is 59.7 Å². The Kier molecular flexibility index (Phi) is 12.8. The predicted octanol–water partition coefficient (Wildman–Crippen LogP) is 10.2. The third kappa shape index (κ3) is 8.85. The van der Waals surface area contributed by atoms with Crippen molar-refractivity contribution >= 4 is 44.8 Å². The third-order valence-electron chi connectivity index (χ3n) is 8.59. The zero-order valence-corrected chi connectivity index (χ0v) is 32.1. The summed E-state index contributed by atoms with van der Waals surface area (Å²) in [7, 11) is 9.61. The molecule has 0 heterocycles. The first-order valence-electron chi connectivity index (χ1n) is 17.2. The summed E-state index contributed by atoms with van der Waals surface area (Å²) in [5, 5.41) is 0. The molecule has 0 N–H and O–H groups in total. The molecule has 0 aliphatic carbocycles. The molecule has 54 heavy (non-hydrogen) atoms. The lowest BCUT2D eigenvalue weighted by Gasteiger charge is -2.24. The average Bonchev–Trinajstić information content (AvgIpc) is 3.23. The molecule has 8 nitrogen and oxygen atoms in total. The van der Waals surface area contributed by atoms with Crippen LogP contribution in [0.5, 0.6) is 23.0 Å². The highest BCUT2D eigenvalue weighted by atomic mass is 33.1. The normalized spacial score (nSPS) is 10.7. The standard InChI is InChI=1S/C44H40N2O6S2/c1-45(43(47)33-21-15-25-37(49-3)41(33)51-29-31-17-7-5-8-18-31)35-23-11-13-27-39(35)53-54-40-28-14-12-24-36(40)46(2)44(48)34-22-16-26-38(50-4)42(34)52-30-32-19-9-6-10-20-32/h5-28H,29-30H2,1-4H3. The van der Waals surface area contributed by atoms with Gasteiger partial charge in [0.15, 0.2) is 23.0 Å². The second kappa shape index (κ2) is 18.3. The van der Waals surface area contributed by atoms with E-state index in [0.717, 1.165) is 32.3 Å². The van der Waals surface area contributed by atoms with E-state index < -0.39 is 0 Å². The topological polar surface area (TPSA) is 77.5 Å². The van der Waals surface area contributed by atoms with Crippen molar-refractivity contribution in [3.05, 3.63) is 168 Å². The van der Waals surface area contributed by atoms with Crippen LogP contribution in [0.4, 0.5) is 11.4 Å². The van der Waals surface area contributed by atoms with Gasteiger partial charge >= 0.3 is 0 Å². The molecule has 2 amide bonds. The molecule has 6 rings (SSSR count). The number of anilines is 2. The number of hydrogen-bond acceptors (Lipinski definition) is 8. The van der Waals surface area contributed by atoms with Gasteiger partial charge in [-0.25, -0.2) is 0 Å². The van der Waals surface area contributed by atoms with E-state index in [1.165, 1.54) is 21.6 Å². The van der Waals surface area contributed by atoms with Crippen molar-refractivity contribution in [2.24, 2.45) is 0 Å². The summed E-state index contributed by atoms with van der Waals surface area (Å²) in [6, 6.07) is 45.6. The second-order valence-electron chi connectivity index (χ2n) is 12.1. The van der Waals surface area contributed by atoms with Crippen molar-refractivity contribution in [1.29, 1.82) is 0 Å². The Labute approximate surface area is 324 Å². The van der Waals surface area contributed by atoms with E-state index in [1.807, 2.05) is 109 Å². The van der Waals surface area contributed by atoms with Crippen molar-refractivity contribution < 1.29 is 28.5 Å². The lowest BCUT2D eigenvalue weighted by Crippen LogP contribution is -2.27. The fourth-order valence-corrected chi connectivity index (χ4v) is 8.14. The van der Waals surface area contributed by atoms with Crippen molar-refractivity contribution in [2.45, 2.75) is 23.0 Å². The number of hydrogen-bond donors (Lipinski definition) is 0. The SMILES string of the molecule is COc1cccc(C(=O)N(C)c2ccccc2SSc2ccccc2N(C)C(=O)c2cccc(OC)c2OCc2ccccc2)c1OCc1ccccc1. The first-order chi connectivity index (χ1) is 26.4. The minimum atomic E-state index is -0.246. The van der Waals surface area contributed by atoms with Crippen LogP contribution in [-0.4, -0.2) is 40.1 Å². The van der Waals surface area contributed by atoms with Crippen LogP contribution in [0.25, 0.3) is 0 Å². The highest BCUT2D eigenvalue weighted by molar-refractivity contribution is 8.76. The van der Waals surface area contributed by atoms with Gasteiger partial charge in [0, 0.05) is 23.9 Å². The number of ether oxygens (including phenoxy) is 4. The maximum atomic E-state index is 14.1. The fraction of sp³-hybridized carbons (Fsp3) is 0.136. The van der Waals surface area contributed by atoms with E-state index in [9.17, 15) is 9.59 Å². The van der Waals surface area contributed by atoms with Crippen molar-refractivity contribution in [2.75, 3.05) is 38.1 Å². The molecule has 0 saturated heterocycles. The number of benzene rings is 6. The van der Waals surface area contributed by atoms with Gasteiger partial charge in [0.2, 0.25) is 0 Å². The third-order valence-corrected chi connectivity index (χ3v) is 11.1. The molecule has 0 saturated carbocycles. The molecule has 0 radical (unpaired) electrons. The molecule has 6 aromatic carbocycles. The molecule has 0 aliphatic heterocycles. The number of nitrogens with zero attached hydrogens (tertiary/aromatic N) is 2. The van der Waals surface area contributed by atoms with Crippen LogP contribution in [0.2, 0.25) is 0 Å². The largest absolute Gasteiger partial charge is 0.493 e. The van der Waals surface area contributed by atoms with E-state index in [0.29, 0.717) is 34.1 Å². The number of carbonyl (C=O) groups is 2. The summed E-state index contributed by atoms with van der Waals surface area (Å²) >= 11 is 0. The zero-order chi connectivity index (χ0) is 37.9. The molecule has 6 aromatic rings. The van der Waals surface area contributed by atoms with Crippen LogP contribution >= 0.6 is 21.6 Å². The van der Waals surface area contributed by atoms with E-state index in [1.54, 1.807) is 74.5 Å². The Morgan fingerprint density at radius 1 is 0.481 bits per heavy atom. The molecule has 0 atom stereocenters. The Morgan fingerprint density at radius 2 is 0.852 bits per heavy atom. The summed E-state index contributed by atoms with van der Waals surface area (Å²) in [6.45, 7) is 0.564. The molecule has 0 aromatic heterocycles. The van der Waals surface area contributed by atoms with Crippen molar-refractivity contribution in [3.8, 4) is 23.0 Å². The number of methoxy groups -OCH3 is 2. The van der Waals surface area contributed by atoms with Gasteiger partial charge in [-0.3, -0.25) is 9.59 Å². The zero-order valence-electron chi connectivity index (χ0n) is 30.4. The fourth-order valence-electron chi connectivity index (χ4n) is 5.73. The summed E-state index contributed by atoms with van der Waals surface area (Å²) in [5.41, 5.74) is 4.15. The van der Waals surface area contributed by atoms with Crippen LogP contribution in [-0.2, 0) is 13.2 Å². The van der Waals surface area contributed by atoms with Crippen LogP contribution in [0, 0.1) is 0 Å². The van der Waals surface area contributed by atoms with Gasteiger partial charge in [0.05, 0.1) is 36.7 Å². The van der Waals surface area contributed by atoms with Gasteiger partial charge in [-0.2, -0.15) is 0 Å². The molecular weight excluding hydrogens is 717 g/mol. The van der Waals surface area contributed by atoms with Crippen LogP contribution in [0.3, 0.4) is 0 Å². The highest BCUT2D eigenvalue weighted by Gasteiger charge is 2.25. The van der Waals surface area contributed by atoms with Gasteiger partial charge in [0.25, 0.3) is 11.8 Å². The van der Waals surface area contributed by atoms with Gasteiger partial charge in [-0.1, -0.05) is 119 Å². The molecule has 0 aliphatic rings. The summed E-state index contributed by atoms with van der Waals surface area (Å²) in [4.78, 5) is 33.2. The molecule has 0 fully saturated rings. The van der Waals surface area contributed by atoms with E-state index in [2.05, 4.69) is 0 Å². The first-order valence-corrected chi connectivity index (χ1v) is 19.3. The minimum absolute atomic E-state index is 0.246. The van der Waals surface area contributed by atoms with Crippen LogP contribution < -0.4 is 28.7 Å². The van der Waals surface area contributed by atoms with E-state index in [-0.39, 0.29) is 25.0 Å². The summed E-state index contributed by atoms with van der Waals surface area (Å²) < 4.78 is 23.6. The predicted molar refractivity (Wildman–Crippen MR) is 218 cm³/mol. The smallest absolute Gasteiger partial charge is 0.261 e. The van der Waals surface area contributed by atoms with Crippen LogP contribution in [0.1, 0.15) is 31.8 Å². The monoisotopic (exact) mass is 756 g/mol. The quantitative estimate of drug-likeness (QED) is 0.0959. The number of para-hydroxylation sites is 4. The maximum Gasteiger partial charge on any atom is 0.261 e. The molecule has 0 bridgehead atoms. The molecule has 10 heteroatoms. The van der Waals surface area contributed by atoms with Gasteiger partial charge in [-0.15, -0.1) is 0 Å². The lowest BCUT2D eigenvalue weighted by molar-refractivity contribution is 0.0979. The molecule has 0 spiro atoms. The molecular formula is C44H40N2O6S2. The Balaban J connectivity index is 1.21. The Hall–Kier alpha value is -5.84. The summed E-state index contributed by atoms with van der Waals surface area (Å²) in [6.07, 6.45) is 0. The van der Waals surface area contributed by atoms with E-state index in [4.69, 9.17) is 18.9 Å².